The average Bonchev–Trinajstić information content (AvgIpc) is 2.89. The van der Waals surface area contributed by atoms with Gasteiger partial charge in [0.1, 0.15) is 5.00 Å². The molecule has 1 amide bonds. The maximum atomic E-state index is 11.8. The Labute approximate surface area is 108 Å². The van der Waals surface area contributed by atoms with Gasteiger partial charge in [-0.3, -0.25) is 4.79 Å². The Morgan fingerprint density at radius 3 is 2.78 bits per heavy atom. The molecular formula is C12H10N4OS. The van der Waals surface area contributed by atoms with Crippen molar-refractivity contribution in [2.24, 2.45) is 5.73 Å². The van der Waals surface area contributed by atoms with Gasteiger partial charge in [-0.2, -0.15) is 0 Å². The van der Waals surface area contributed by atoms with Gasteiger partial charge in [-0.1, -0.05) is 16.3 Å². The third-order valence-corrected chi connectivity index (χ3v) is 2.66. The van der Waals surface area contributed by atoms with Crippen LogP contribution in [0.15, 0.2) is 30.5 Å². The molecule has 1 aromatic carbocycles. The minimum Gasteiger partial charge on any atom is -0.320 e. The smallest absolute Gasteiger partial charge is 0.256 e. The van der Waals surface area contributed by atoms with Crippen LogP contribution in [0.1, 0.15) is 15.9 Å². The van der Waals surface area contributed by atoms with E-state index in [0.717, 1.165) is 17.1 Å². The van der Waals surface area contributed by atoms with E-state index in [1.54, 1.807) is 24.3 Å². The fourth-order valence-corrected chi connectivity index (χ4v) is 1.68. The maximum Gasteiger partial charge on any atom is 0.256 e. The molecule has 6 heteroatoms. The predicted octanol–water partition coefficient (Wildman–Crippen LogP) is 1.10. The first-order valence-corrected chi connectivity index (χ1v) is 5.94. The lowest BCUT2D eigenvalue weighted by Gasteiger charge is -2.01. The molecule has 0 saturated carbocycles. The maximum absolute atomic E-state index is 11.8. The summed E-state index contributed by atoms with van der Waals surface area (Å²) in [5, 5.41) is 6.96. The molecule has 1 heterocycles. The molecule has 0 fully saturated rings. The van der Waals surface area contributed by atoms with Crippen LogP contribution in [-0.2, 0) is 0 Å². The van der Waals surface area contributed by atoms with Crippen molar-refractivity contribution < 1.29 is 4.79 Å². The van der Waals surface area contributed by atoms with Crippen LogP contribution in [0.4, 0.5) is 5.00 Å². The van der Waals surface area contributed by atoms with Crippen molar-refractivity contribution in [2.75, 3.05) is 11.9 Å². The fraction of sp³-hybridized carbons (Fsp3) is 0.0833. The number of hydrogen-bond donors (Lipinski definition) is 2. The highest BCUT2D eigenvalue weighted by Gasteiger charge is 2.06. The molecule has 3 N–H and O–H groups in total. The summed E-state index contributed by atoms with van der Waals surface area (Å²) in [6, 6.07) is 6.99. The number of hydrogen-bond acceptors (Lipinski definition) is 5. The molecule has 18 heavy (non-hydrogen) atoms. The van der Waals surface area contributed by atoms with Crippen molar-refractivity contribution in [3.63, 3.8) is 0 Å². The molecule has 2 rings (SSSR count). The molecule has 0 spiro atoms. The monoisotopic (exact) mass is 258 g/mol. The first-order chi connectivity index (χ1) is 8.79. The lowest BCUT2D eigenvalue weighted by Crippen LogP contribution is -2.10. The zero-order chi connectivity index (χ0) is 12.8. The lowest BCUT2D eigenvalue weighted by atomic mass is 10.1. The number of carbonyl (C=O) groups excluding carboxylic acids is 1. The SMILES string of the molecule is NCC#Cc1ccc(C(=O)Nc2cnns2)cc1. The summed E-state index contributed by atoms with van der Waals surface area (Å²) in [6.07, 6.45) is 1.50. The van der Waals surface area contributed by atoms with Gasteiger partial charge in [-0.15, -0.1) is 5.10 Å². The van der Waals surface area contributed by atoms with E-state index >= 15 is 0 Å². The van der Waals surface area contributed by atoms with Crippen molar-refractivity contribution in [1.29, 1.82) is 0 Å². The summed E-state index contributed by atoms with van der Waals surface area (Å²) in [7, 11) is 0. The van der Waals surface area contributed by atoms with Crippen molar-refractivity contribution in [3.05, 3.63) is 41.6 Å². The summed E-state index contributed by atoms with van der Waals surface area (Å²) in [5.41, 5.74) is 6.67. The van der Waals surface area contributed by atoms with Gasteiger partial charge in [-0.05, 0) is 24.3 Å². The van der Waals surface area contributed by atoms with E-state index in [1.807, 2.05) is 0 Å². The van der Waals surface area contributed by atoms with Crippen LogP contribution in [0.5, 0.6) is 0 Å². The molecule has 90 valence electrons. The van der Waals surface area contributed by atoms with Crippen LogP contribution in [-0.4, -0.2) is 22.0 Å². The van der Waals surface area contributed by atoms with Crippen LogP contribution in [0, 0.1) is 11.8 Å². The Bertz CT molecular complexity index is 581. The van der Waals surface area contributed by atoms with Crippen LogP contribution in [0.25, 0.3) is 0 Å². The first kappa shape index (κ1) is 12.2. The standard InChI is InChI=1S/C12H10N4OS/c13-7-1-2-9-3-5-10(6-4-9)12(17)15-11-8-14-16-18-11/h3-6,8H,7,13H2,(H,15,17). The zero-order valence-corrected chi connectivity index (χ0v) is 10.2. The fourth-order valence-electron chi connectivity index (χ4n) is 1.26. The summed E-state index contributed by atoms with van der Waals surface area (Å²) < 4.78 is 3.66. The van der Waals surface area contributed by atoms with Gasteiger partial charge >= 0.3 is 0 Å². The van der Waals surface area contributed by atoms with E-state index in [1.165, 1.54) is 6.20 Å². The molecule has 0 aliphatic rings. The number of benzene rings is 1. The van der Waals surface area contributed by atoms with Gasteiger partial charge in [-0.25, -0.2) is 0 Å². The van der Waals surface area contributed by atoms with Crippen LogP contribution >= 0.6 is 11.5 Å². The van der Waals surface area contributed by atoms with Crippen molar-refractivity contribution >= 4 is 22.4 Å². The largest absolute Gasteiger partial charge is 0.320 e. The summed E-state index contributed by atoms with van der Waals surface area (Å²) >= 11 is 1.13. The molecule has 5 nitrogen and oxygen atoms in total. The molecule has 0 saturated heterocycles. The quantitative estimate of drug-likeness (QED) is 0.790. The van der Waals surface area contributed by atoms with Crippen molar-refractivity contribution in [1.82, 2.24) is 9.59 Å². The normalized spacial score (nSPS) is 9.39. The Morgan fingerprint density at radius 1 is 1.39 bits per heavy atom. The van der Waals surface area contributed by atoms with Crippen LogP contribution in [0.2, 0.25) is 0 Å². The third-order valence-electron chi connectivity index (χ3n) is 2.08. The molecule has 1 aromatic heterocycles. The van der Waals surface area contributed by atoms with E-state index < -0.39 is 0 Å². The van der Waals surface area contributed by atoms with Crippen molar-refractivity contribution in [2.45, 2.75) is 0 Å². The zero-order valence-electron chi connectivity index (χ0n) is 9.38. The van der Waals surface area contributed by atoms with Crippen LogP contribution < -0.4 is 11.1 Å². The molecule has 0 aliphatic carbocycles. The second kappa shape index (κ2) is 5.91. The van der Waals surface area contributed by atoms with E-state index in [4.69, 9.17) is 5.73 Å². The second-order valence-corrected chi connectivity index (χ2v) is 4.10. The van der Waals surface area contributed by atoms with Gasteiger partial charge in [0.25, 0.3) is 5.91 Å². The van der Waals surface area contributed by atoms with Gasteiger partial charge in [0.15, 0.2) is 0 Å². The average molecular weight is 258 g/mol. The highest BCUT2D eigenvalue weighted by molar-refractivity contribution is 7.10. The molecular weight excluding hydrogens is 248 g/mol. The van der Waals surface area contributed by atoms with Gasteiger partial charge in [0.05, 0.1) is 12.7 Å². The molecule has 0 unspecified atom stereocenters. The lowest BCUT2D eigenvalue weighted by molar-refractivity contribution is 0.102. The number of nitrogens with zero attached hydrogens (tertiary/aromatic N) is 2. The Balaban J connectivity index is 2.07. The Kier molecular flexibility index (Phi) is 4.02. The Morgan fingerprint density at radius 2 is 2.17 bits per heavy atom. The molecule has 2 aromatic rings. The van der Waals surface area contributed by atoms with Gasteiger partial charge < -0.3 is 11.1 Å². The third kappa shape index (κ3) is 3.13. The number of rotatable bonds is 2. The van der Waals surface area contributed by atoms with Crippen molar-refractivity contribution in [3.8, 4) is 11.8 Å². The predicted molar refractivity (Wildman–Crippen MR) is 70.2 cm³/mol. The first-order valence-electron chi connectivity index (χ1n) is 5.17. The van der Waals surface area contributed by atoms with E-state index in [-0.39, 0.29) is 5.91 Å². The van der Waals surface area contributed by atoms with E-state index in [2.05, 4.69) is 26.7 Å². The molecule has 0 atom stereocenters. The summed E-state index contributed by atoms with van der Waals surface area (Å²) in [4.78, 5) is 11.8. The van der Waals surface area contributed by atoms with E-state index in [9.17, 15) is 4.79 Å². The minimum absolute atomic E-state index is 0.195. The molecule has 0 bridgehead atoms. The molecule has 0 aliphatic heterocycles. The Hall–Kier alpha value is -2.23. The van der Waals surface area contributed by atoms with Gasteiger partial charge in [0.2, 0.25) is 0 Å². The number of nitrogens with two attached hydrogens (primary N) is 1. The van der Waals surface area contributed by atoms with Crippen LogP contribution in [0.3, 0.4) is 0 Å². The van der Waals surface area contributed by atoms with Gasteiger partial charge in [0, 0.05) is 22.7 Å². The number of aromatic nitrogens is 2. The minimum atomic E-state index is -0.195. The number of anilines is 1. The second-order valence-electron chi connectivity index (χ2n) is 3.32. The topological polar surface area (TPSA) is 80.9 Å². The van der Waals surface area contributed by atoms with E-state index in [0.29, 0.717) is 17.1 Å². The highest BCUT2D eigenvalue weighted by Crippen LogP contribution is 2.12. The highest BCUT2D eigenvalue weighted by atomic mass is 32.1. The summed E-state index contributed by atoms with van der Waals surface area (Å²) in [6.45, 7) is 0.320. The number of amides is 1. The molecule has 0 radical (unpaired) electrons. The summed E-state index contributed by atoms with van der Waals surface area (Å²) in [5.74, 6) is 5.45. The number of carbonyl (C=O) groups is 1. The number of nitrogens with one attached hydrogen (secondary N) is 1.